The molecule has 7 nitrogen and oxygen atoms in total. The molecule has 27 heavy (non-hydrogen) atoms. The molecular weight excluding hydrogens is 393 g/mol. The highest BCUT2D eigenvalue weighted by molar-refractivity contribution is 6.33. The van der Waals surface area contributed by atoms with Gasteiger partial charge in [-0.15, -0.1) is 0 Å². The van der Waals surface area contributed by atoms with E-state index in [2.05, 4.69) is 16.2 Å². The first-order chi connectivity index (χ1) is 12.9. The fraction of sp³-hybridized carbons (Fsp3) is 0.167. The zero-order valence-electron chi connectivity index (χ0n) is 14.1. The molecule has 2 aromatic rings. The number of amides is 3. The minimum Gasteiger partial charge on any atom is -0.484 e. The second-order valence-electron chi connectivity index (χ2n) is 5.37. The molecule has 0 spiro atoms. The van der Waals surface area contributed by atoms with Gasteiger partial charge >= 0.3 is 0 Å². The number of benzene rings is 2. The Hall–Kier alpha value is -2.77. The Morgan fingerprint density at radius 3 is 2.15 bits per heavy atom. The molecule has 3 amide bonds. The average molecular weight is 410 g/mol. The summed E-state index contributed by atoms with van der Waals surface area (Å²) in [7, 11) is 0. The second kappa shape index (κ2) is 10.4. The van der Waals surface area contributed by atoms with E-state index < -0.39 is 11.8 Å². The van der Waals surface area contributed by atoms with Crippen molar-refractivity contribution in [2.75, 3.05) is 11.9 Å². The van der Waals surface area contributed by atoms with Gasteiger partial charge in [-0.05, 0) is 36.4 Å². The Balaban J connectivity index is 1.63. The van der Waals surface area contributed by atoms with Gasteiger partial charge in [0.2, 0.25) is 11.8 Å². The van der Waals surface area contributed by atoms with E-state index in [0.29, 0.717) is 21.5 Å². The minimum absolute atomic E-state index is 0.0613. The summed E-state index contributed by atoms with van der Waals surface area (Å²) in [6, 6.07) is 13.3. The number of carbonyl (C=O) groups is 3. The topological polar surface area (TPSA) is 96.5 Å². The first kappa shape index (κ1) is 20.5. The van der Waals surface area contributed by atoms with Gasteiger partial charge in [0, 0.05) is 17.9 Å². The number of hydrogen-bond acceptors (Lipinski definition) is 4. The molecule has 0 bridgehead atoms. The lowest BCUT2D eigenvalue weighted by Crippen LogP contribution is -2.44. The van der Waals surface area contributed by atoms with Crippen LogP contribution in [0.5, 0.6) is 5.75 Å². The Morgan fingerprint density at radius 1 is 0.815 bits per heavy atom. The molecule has 9 heteroatoms. The quantitative estimate of drug-likeness (QED) is 0.612. The maximum atomic E-state index is 11.8. The summed E-state index contributed by atoms with van der Waals surface area (Å²) in [6.07, 6.45) is -0.164. The van der Waals surface area contributed by atoms with Gasteiger partial charge in [-0.2, -0.15) is 0 Å². The van der Waals surface area contributed by atoms with Crippen LogP contribution in [-0.2, 0) is 14.4 Å². The molecule has 0 radical (unpaired) electrons. The van der Waals surface area contributed by atoms with E-state index in [-0.39, 0.29) is 25.4 Å². The van der Waals surface area contributed by atoms with Crippen LogP contribution in [0.2, 0.25) is 10.0 Å². The van der Waals surface area contributed by atoms with E-state index >= 15 is 0 Å². The zero-order chi connectivity index (χ0) is 19.6. The summed E-state index contributed by atoms with van der Waals surface area (Å²) in [6.45, 7) is -0.283. The number of rotatable bonds is 7. The van der Waals surface area contributed by atoms with Crippen LogP contribution in [0, 0.1) is 0 Å². The van der Waals surface area contributed by atoms with E-state index in [0.717, 1.165) is 0 Å². The molecule has 3 N–H and O–H groups in total. The van der Waals surface area contributed by atoms with Crippen molar-refractivity contribution in [3.63, 3.8) is 0 Å². The van der Waals surface area contributed by atoms with E-state index in [4.69, 9.17) is 27.9 Å². The predicted octanol–water partition coefficient (Wildman–Crippen LogP) is 2.94. The van der Waals surface area contributed by atoms with E-state index in [1.54, 1.807) is 48.5 Å². The fourth-order valence-electron chi connectivity index (χ4n) is 1.92. The molecule has 0 aliphatic heterocycles. The number of para-hydroxylation sites is 1. The van der Waals surface area contributed by atoms with Crippen molar-refractivity contribution >= 4 is 46.6 Å². The molecule has 0 atom stereocenters. The molecule has 0 heterocycles. The first-order valence-corrected chi connectivity index (χ1v) is 8.70. The van der Waals surface area contributed by atoms with Gasteiger partial charge in [0.05, 0.1) is 10.7 Å². The first-order valence-electron chi connectivity index (χ1n) is 7.94. The van der Waals surface area contributed by atoms with Gasteiger partial charge in [-0.3, -0.25) is 25.2 Å². The number of nitrogens with one attached hydrogen (secondary N) is 3. The van der Waals surface area contributed by atoms with Gasteiger partial charge in [0.25, 0.3) is 5.91 Å². The average Bonchev–Trinajstić information content (AvgIpc) is 2.66. The summed E-state index contributed by atoms with van der Waals surface area (Å²) < 4.78 is 5.23. The highest BCUT2D eigenvalue weighted by atomic mass is 35.5. The van der Waals surface area contributed by atoms with Crippen LogP contribution in [0.25, 0.3) is 0 Å². The Labute approximate surface area is 166 Å². The zero-order valence-corrected chi connectivity index (χ0v) is 15.6. The molecule has 2 aromatic carbocycles. The number of hydrazine groups is 1. The molecule has 0 saturated heterocycles. The van der Waals surface area contributed by atoms with Crippen LogP contribution in [0.1, 0.15) is 12.8 Å². The van der Waals surface area contributed by atoms with Crippen LogP contribution >= 0.6 is 23.2 Å². The fourth-order valence-corrected chi connectivity index (χ4v) is 2.23. The van der Waals surface area contributed by atoms with Crippen molar-refractivity contribution in [2.24, 2.45) is 0 Å². The summed E-state index contributed by atoms with van der Waals surface area (Å²) in [5, 5.41) is 3.56. The predicted molar refractivity (Wildman–Crippen MR) is 103 cm³/mol. The van der Waals surface area contributed by atoms with Gasteiger partial charge in [-0.25, -0.2) is 0 Å². The summed E-state index contributed by atoms with van der Waals surface area (Å²) in [4.78, 5) is 35.2. The largest absolute Gasteiger partial charge is 0.484 e. The van der Waals surface area contributed by atoms with Gasteiger partial charge < -0.3 is 10.1 Å². The van der Waals surface area contributed by atoms with Crippen LogP contribution < -0.4 is 20.9 Å². The van der Waals surface area contributed by atoms with Crippen molar-refractivity contribution in [3.8, 4) is 5.75 Å². The molecule has 0 saturated carbocycles. The molecule has 0 unspecified atom stereocenters. The lowest BCUT2D eigenvalue weighted by molar-refractivity contribution is -0.130. The maximum Gasteiger partial charge on any atom is 0.276 e. The monoisotopic (exact) mass is 409 g/mol. The minimum atomic E-state index is -0.543. The van der Waals surface area contributed by atoms with Crippen molar-refractivity contribution < 1.29 is 19.1 Å². The highest BCUT2D eigenvalue weighted by Gasteiger charge is 2.10. The van der Waals surface area contributed by atoms with Crippen LogP contribution in [0.15, 0.2) is 48.5 Å². The molecular formula is C18H17Cl2N3O4. The molecule has 2 rings (SSSR count). The number of hydrogen-bond donors (Lipinski definition) is 3. The molecule has 0 aromatic heterocycles. The number of carbonyl (C=O) groups excluding carboxylic acids is 3. The number of anilines is 1. The number of halogens is 2. The molecule has 0 fully saturated rings. The van der Waals surface area contributed by atoms with Gasteiger partial charge in [-0.1, -0.05) is 35.3 Å². The van der Waals surface area contributed by atoms with E-state index in [1.165, 1.54) is 0 Å². The summed E-state index contributed by atoms with van der Waals surface area (Å²) >= 11 is 11.7. The van der Waals surface area contributed by atoms with Gasteiger partial charge in [0.15, 0.2) is 6.61 Å². The van der Waals surface area contributed by atoms with Crippen molar-refractivity contribution in [3.05, 3.63) is 58.6 Å². The van der Waals surface area contributed by atoms with E-state index in [9.17, 15) is 14.4 Å². The third-order valence-corrected chi connectivity index (χ3v) is 3.83. The van der Waals surface area contributed by atoms with Crippen molar-refractivity contribution in [1.82, 2.24) is 10.9 Å². The second-order valence-corrected chi connectivity index (χ2v) is 6.21. The number of ether oxygens (including phenoxy) is 1. The maximum absolute atomic E-state index is 11.8. The van der Waals surface area contributed by atoms with Crippen LogP contribution in [0.3, 0.4) is 0 Å². The van der Waals surface area contributed by atoms with E-state index in [1.807, 2.05) is 0 Å². The third kappa shape index (κ3) is 7.55. The SMILES string of the molecule is O=C(CCC(=O)Nc1ccccc1Cl)NNC(=O)COc1ccc(Cl)cc1. The lowest BCUT2D eigenvalue weighted by atomic mass is 10.2. The Kier molecular flexibility index (Phi) is 7.91. The van der Waals surface area contributed by atoms with Crippen LogP contribution in [0.4, 0.5) is 5.69 Å². The van der Waals surface area contributed by atoms with Crippen molar-refractivity contribution in [1.29, 1.82) is 0 Å². The highest BCUT2D eigenvalue weighted by Crippen LogP contribution is 2.20. The molecule has 0 aliphatic rings. The smallest absolute Gasteiger partial charge is 0.276 e. The van der Waals surface area contributed by atoms with Gasteiger partial charge in [0.1, 0.15) is 5.75 Å². The normalized spacial score (nSPS) is 10.0. The van der Waals surface area contributed by atoms with Crippen molar-refractivity contribution in [2.45, 2.75) is 12.8 Å². The molecule has 0 aliphatic carbocycles. The molecule has 142 valence electrons. The van der Waals surface area contributed by atoms with Crippen LogP contribution in [-0.4, -0.2) is 24.3 Å². The summed E-state index contributed by atoms with van der Waals surface area (Å²) in [5.74, 6) is -0.948. The standard InChI is InChI=1S/C18H17Cl2N3O4/c19-12-5-7-13(8-6-12)27-11-18(26)23-22-17(25)10-9-16(24)21-15-4-2-1-3-14(15)20/h1-8H,9-11H2,(H,21,24)(H,22,25)(H,23,26). The third-order valence-electron chi connectivity index (χ3n) is 3.25. The summed E-state index contributed by atoms with van der Waals surface area (Å²) in [5.41, 5.74) is 4.89. The lowest BCUT2D eigenvalue weighted by Gasteiger charge is -2.09. The Morgan fingerprint density at radius 2 is 1.44 bits per heavy atom. The Bertz CT molecular complexity index is 813.